The van der Waals surface area contributed by atoms with Crippen molar-refractivity contribution in [2.75, 3.05) is 23.3 Å². The number of nitrogens with zero attached hydrogens (tertiary/aromatic N) is 3. The van der Waals surface area contributed by atoms with Gasteiger partial charge in [-0.05, 0) is 44.0 Å². The molecular weight excluding hydrogens is 264 g/mol. The molecule has 0 unspecified atom stereocenters. The molecule has 1 fully saturated rings. The first-order valence-electron chi connectivity index (χ1n) is 7.17. The minimum atomic E-state index is -0.191. The van der Waals surface area contributed by atoms with E-state index in [0.29, 0.717) is 11.4 Å². The van der Waals surface area contributed by atoms with E-state index in [1.807, 2.05) is 24.3 Å². The molecule has 1 amide bonds. The van der Waals surface area contributed by atoms with Crippen molar-refractivity contribution in [3.63, 3.8) is 0 Å². The van der Waals surface area contributed by atoms with E-state index < -0.39 is 0 Å². The van der Waals surface area contributed by atoms with Crippen molar-refractivity contribution in [2.45, 2.75) is 19.8 Å². The monoisotopic (exact) mass is 282 g/mol. The molecule has 1 aliphatic heterocycles. The van der Waals surface area contributed by atoms with E-state index in [-0.39, 0.29) is 5.91 Å². The molecule has 1 aromatic carbocycles. The van der Waals surface area contributed by atoms with E-state index in [9.17, 15) is 4.79 Å². The third kappa shape index (κ3) is 3.18. The quantitative estimate of drug-likeness (QED) is 0.940. The van der Waals surface area contributed by atoms with Gasteiger partial charge >= 0.3 is 0 Å². The average molecular weight is 282 g/mol. The molecule has 5 nitrogen and oxygen atoms in total. The van der Waals surface area contributed by atoms with E-state index in [1.54, 1.807) is 6.92 Å². The molecule has 3 rings (SSSR count). The van der Waals surface area contributed by atoms with Gasteiger partial charge in [0.2, 0.25) is 0 Å². The van der Waals surface area contributed by atoms with Crippen LogP contribution in [0, 0.1) is 6.92 Å². The van der Waals surface area contributed by atoms with Crippen LogP contribution in [0.15, 0.2) is 36.7 Å². The van der Waals surface area contributed by atoms with Crippen molar-refractivity contribution in [1.29, 1.82) is 0 Å². The van der Waals surface area contributed by atoms with Crippen molar-refractivity contribution >= 4 is 17.3 Å². The van der Waals surface area contributed by atoms with Gasteiger partial charge in [0.15, 0.2) is 0 Å². The predicted octanol–water partition coefficient (Wildman–Crippen LogP) is 2.64. The number of aryl methyl sites for hydroxylation is 1. The number of carbonyl (C=O) groups excluding carboxylic acids is 1. The van der Waals surface area contributed by atoms with Gasteiger partial charge in [0.25, 0.3) is 5.91 Å². The van der Waals surface area contributed by atoms with Gasteiger partial charge in [-0.2, -0.15) is 0 Å². The Morgan fingerprint density at radius 1 is 1.10 bits per heavy atom. The number of benzene rings is 1. The van der Waals surface area contributed by atoms with Crippen molar-refractivity contribution in [3.8, 4) is 0 Å². The van der Waals surface area contributed by atoms with E-state index in [2.05, 4.69) is 20.2 Å². The second-order valence-electron chi connectivity index (χ2n) is 5.21. The van der Waals surface area contributed by atoms with Crippen molar-refractivity contribution in [3.05, 3.63) is 48.0 Å². The highest BCUT2D eigenvalue weighted by molar-refractivity contribution is 6.03. The highest BCUT2D eigenvalue weighted by Gasteiger charge is 2.12. The summed E-state index contributed by atoms with van der Waals surface area (Å²) in [6.45, 7) is 4.03. The first kappa shape index (κ1) is 13.5. The van der Waals surface area contributed by atoms with E-state index in [1.165, 1.54) is 30.9 Å². The molecule has 0 spiro atoms. The van der Waals surface area contributed by atoms with Gasteiger partial charge < -0.3 is 10.2 Å². The summed E-state index contributed by atoms with van der Waals surface area (Å²) in [6, 6.07) is 7.96. The molecule has 1 aromatic heterocycles. The normalized spacial score (nSPS) is 14.2. The SMILES string of the molecule is Cc1ncc(C(=O)Nc2ccc(N3CCCC3)cc2)cn1. The van der Waals surface area contributed by atoms with Crippen LogP contribution in [0.25, 0.3) is 0 Å². The Bertz CT molecular complexity index is 616. The Kier molecular flexibility index (Phi) is 3.81. The summed E-state index contributed by atoms with van der Waals surface area (Å²) in [7, 11) is 0. The number of carbonyl (C=O) groups is 1. The summed E-state index contributed by atoms with van der Waals surface area (Å²) in [5, 5.41) is 2.86. The summed E-state index contributed by atoms with van der Waals surface area (Å²) in [4.78, 5) is 22.5. The highest BCUT2D eigenvalue weighted by Crippen LogP contribution is 2.22. The van der Waals surface area contributed by atoms with Gasteiger partial charge in [-0.3, -0.25) is 4.79 Å². The maximum atomic E-state index is 12.1. The highest BCUT2D eigenvalue weighted by atomic mass is 16.1. The predicted molar refractivity (Wildman–Crippen MR) is 82.6 cm³/mol. The minimum Gasteiger partial charge on any atom is -0.372 e. The molecule has 2 heterocycles. The van der Waals surface area contributed by atoms with Crippen LogP contribution in [0.2, 0.25) is 0 Å². The van der Waals surface area contributed by atoms with Gasteiger partial charge in [-0.1, -0.05) is 0 Å². The number of amides is 1. The second kappa shape index (κ2) is 5.91. The summed E-state index contributed by atoms with van der Waals surface area (Å²) in [6.07, 6.45) is 5.59. The van der Waals surface area contributed by atoms with Crippen LogP contribution < -0.4 is 10.2 Å². The fourth-order valence-corrected chi connectivity index (χ4v) is 2.44. The molecule has 0 aliphatic carbocycles. The lowest BCUT2D eigenvalue weighted by Crippen LogP contribution is -2.17. The smallest absolute Gasteiger partial charge is 0.258 e. The maximum Gasteiger partial charge on any atom is 0.258 e. The number of anilines is 2. The fourth-order valence-electron chi connectivity index (χ4n) is 2.44. The Morgan fingerprint density at radius 3 is 2.33 bits per heavy atom. The van der Waals surface area contributed by atoms with Crippen LogP contribution in [0.4, 0.5) is 11.4 Å². The van der Waals surface area contributed by atoms with Crippen LogP contribution in [-0.4, -0.2) is 29.0 Å². The van der Waals surface area contributed by atoms with E-state index in [4.69, 9.17) is 0 Å². The molecule has 1 N–H and O–H groups in total. The van der Waals surface area contributed by atoms with Crippen molar-refractivity contribution in [1.82, 2.24) is 9.97 Å². The standard InChI is InChI=1S/C16H18N4O/c1-12-17-10-13(11-18-12)16(21)19-14-4-6-15(7-5-14)20-8-2-3-9-20/h4-7,10-11H,2-3,8-9H2,1H3,(H,19,21). The largest absolute Gasteiger partial charge is 0.372 e. The number of rotatable bonds is 3. The Morgan fingerprint density at radius 2 is 1.71 bits per heavy atom. The summed E-state index contributed by atoms with van der Waals surface area (Å²) < 4.78 is 0. The molecule has 1 aliphatic rings. The third-order valence-corrected chi connectivity index (χ3v) is 3.64. The minimum absolute atomic E-state index is 0.191. The van der Waals surface area contributed by atoms with Crippen LogP contribution in [0.3, 0.4) is 0 Å². The van der Waals surface area contributed by atoms with Crippen molar-refractivity contribution in [2.24, 2.45) is 0 Å². The maximum absolute atomic E-state index is 12.1. The molecule has 5 heteroatoms. The summed E-state index contributed by atoms with van der Waals surface area (Å²) in [5.74, 6) is 0.463. The zero-order valence-corrected chi connectivity index (χ0v) is 12.0. The number of hydrogen-bond acceptors (Lipinski definition) is 4. The van der Waals surface area contributed by atoms with Crippen LogP contribution in [-0.2, 0) is 0 Å². The lowest BCUT2D eigenvalue weighted by Gasteiger charge is -2.17. The lowest BCUT2D eigenvalue weighted by atomic mass is 10.2. The zero-order valence-electron chi connectivity index (χ0n) is 12.0. The Labute approximate surface area is 124 Å². The average Bonchev–Trinajstić information content (AvgIpc) is 3.03. The number of nitrogens with one attached hydrogen (secondary N) is 1. The molecular formula is C16H18N4O. The molecule has 0 saturated carbocycles. The van der Waals surface area contributed by atoms with Gasteiger partial charge in [0, 0.05) is 36.9 Å². The molecule has 21 heavy (non-hydrogen) atoms. The van der Waals surface area contributed by atoms with E-state index >= 15 is 0 Å². The molecule has 0 atom stereocenters. The summed E-state index contributed by atoms with van der Waals surface area (Å²) >= 11 is 0. The van der Waals surface area contributed by atoms with Crippen LogP contribution in [0.1, 0.15) is 29.0 Å². The molecule has 1 saturated heterocycles. The van der Waals surface area contributed by atoms with Gasteiger partial charge in [0.1, 0.15) is 5.82 Å². The summed E-state index contributed by atoms with van der Waals surface area (Å²) in [5.41, 5.74) is 2.46. The van der Waals surface area contributed by atoms with E-state index in [0.717, 1.165) is 18.8 Å². The van der Waals surface area contributed by atoms with Gasteiger partial charge in [-0.15, -0.1) is 0 Å². The van der Waals surface area contributed by atoms with Gasteiger partial charge in [0.05, 0.1) is 5.56 Å². The molecule has 0 bridgehead atoms. The second-order valence-corrected chi connectivity index (χ2v) is 5.21. The molecule has 2 aromatic rings. The van der Waals surface area contributed by atoms with Gasteiger partial charge in [-0.25, -0.2) is 9.97 Å². The third-order valence-electron chi connectivity index (χ3n) is 3.64. The number of hydrogen-bond donors (Lipinski definition) is 1. The fraction of sp³-hybridized carbons (Fsp3) is 0.312. The molecule has 108 valence electrons. The Balaban J connectivity index is 1.67. The number of aromatic nitrogens is 2. The first-order chi connectivity index (χ1) is 10.2. The van der Waals surface area contributed by atoms with Crippen LogP contribution in [0.5, 0.6) is 0 Å². The first-order valence-corrected chi connectivity index (χ1v) is 7.17. The van der Waals surface area contributed by atoms with Crippen molar-refractivity contribution < 1.29 is 4.79 Å². The lowest BCUT2D eigenvalue weighted by molar-refractivity contribution is 0.102. The Hall–Kier alpha value is -2.43. The molecule has 0 radical (unpaired) electrons. The zero-order chi connectivity index (χ0) is 14.7. The van der Waals surface area contributed by atoms with Crippen LogP contribution >= 0.6 is 0 Å². The topological polar surface area (TPSA) is 58.1 Å².